The van der Waals surface area contributed by atoms with Crippen LogP contribution in [-0.2, 0) is 0 Å². The molecule has 0 aliphatic rings. The highest BCUT2D eigenvalue weighted by Crippen LogP contribution is 2.49. The van der Waals surface area contributed by atoms with Crippen LogP contribution in [-0.4, -0.2) is 0 Å². The first-order valence-corrected chi connectivity index (χ1v) is 18.7. The highest BCUT2D eigenvalue weighted by Gasteiger charge is 2.25. The fourth-order valence-electron chi connectivity index (χ4n) is 8.27. The molecule has 11 aromatic rings. The summed E-state index contributed by atoms with van der Waals surface area (Å²) in [6, 6.07) is 70.8. The van der Waals surface area contributed by atoms with Crippen molar-refractivity contribution in [3.05, 3.63) is 200 Å². The molecule has 0 aliphatic heterocycles. The Morgan fingerprint density at radius 3 is 1.65 bits per heavy atom. The monoisotopic (exact) mass is 703 g/mol. The summed E-state index contributed by atoms with van der Waals surface area (Å²) >= 11 is 0. The maximum Gasteiger partial charge on any atom is 0.160 e. The van der Waals surface area contributed by atoms with Crippen molar-refractivity contribution in [3.8, 4) is 33.4 Å². The number of para-hydroxylation sites is 2. The van der Waals surface area contributed by atoms with Crippen molar-refractivity contribution in [2.75, 3.05) is 4.90 Å². The average Bonchev–Trinajstić information content (AvgIpc) is 3.84. The van der Waals surface area contributed by atoms with Gasteiger partial charge in [-0.25, -0.2) is 0 Å². The Labute approximate surface area is 317 Å². The number of fused-ring (bicyclic) bond motifs is 8. The molecule has 0 saturated heterocycles. The van der Waals surface area contributed by atoms with E-state index in [4.69, 9.17) is 8.83 Å². The Hall–Kier alpha value is -7.36. The molecule has 0 spiro atoms. The van der Waals surface area contributed by atoms with Crippen LogP contribution in [0.5, 0.6) is 0 Å². The van der Waals surface area contributed by atoms with Gasteiger partial charge in [0, 0.05) is 44.0 Å². The largest absolute Gasteiger partial charge is 0.455 e. The van der Waals surface area contributed by atoms with Crippen LogP contribution in [0, 0.1) is 0 Å². The van der Waals surface area contributed by atoms with Crippen LogP contribution in [0.2, 0.25) is 0 Å². The van der Waals surface area contributed by atoms with E-state index in [0.717, 1.165) is 88.8 Å². The van der Waals surface area contributed by atoms with Gasteiger partial charge in [-0.15, -0.1) is 0 Å². The molecule has 9 aromatic carbocycles. The minimum absolute atomic E-state index is 0.843. The van der Waals surface area contributed by atoms with E-state index >= 15 is 0 Å². The number of hydrogen-bond acceptors (Lipinski definition) is 3. The molecule has 258 valence electrons. The number of rotatable bonds is 6. The Morgan fingerprint density at radius 2 is 0.891 bits per heavy atom. The molecule has 2 aromatic heterocycles. The van der Waals surface area contributed by atoms with E-state index in [-0.39, 0.29) is 0 Å². The second-order valence-electron chi connectivity index (χ2n) is 14.0. The Kier molecular flexibility index (Phi) is 7.17. The topological polar surface area (TPSA) is 29.5 Å². The third kappa shape index (κ3) is 5.13. The summed E-state index contributed by atoms with van der Waals surface area (Å²) in [7, 11) is 0. The first-order chi connectivity index (χ1) is 27.3. The summed E-state index contributed by atoms with van der Waals surface area (Å²) in [5.41, 5.74) is 13.2. The molecule has 0 amide bonds. The van der Waals surface area contributed by atoms with Crippen LogP contribution in [0.1, 0.15) is 0 Å². The predicted octanol–water partition coefficient (Wildman–Crippen LogP) is 15.1. The molecule has 0 aliphatic carbocycles. The summed E-state index contributed by atoms with van der Waals surface area (Å²) in [6.07, 6.45) is 0. The lowest BCUT2D eigenvalue weighted by Gasteiger charge is -2.28. The molecule has 0 N–H and O–H groups in total. The lowest BCUT2D eigenvalue weighted by molar-refractivity contribution is 0.669. The summed E-state index contributed by atoms with van der Waals surface area (Å²) in [6.45, 7) is 0. The van der Waals surface area contributed by atoms with Crippen LogP contribution < -0.4 is 4.90 Å². The van der Waals surface area contributed by atoms with Crippen molar-refractivity contribution < 1.29 is 8.83 Å². The van der Waals surface area contributed by atoms with Gasteiger partial charge in [-0.2, -0.15) is 0 Å². The molecular weight excluding hydrogens is 671 g/mol. The van der Waals surface area contributed by atoms with E-state index in [1.165, 1.54) is 16.3 Å². The van der Waals surface area contributed by atoms with Gasteiger partial charge in [-0.3, -0.25) is 0 Å². The van der Waals surface area contributed by atoms with Gasteiger partial charge in [0.2, 0.25) is 0 Å². The fraction of sp³-hybridized carbons (Fsp3) is 0. The zero-order valence-corrected chi connectivity index (χ0v) is 29.8. The minimum atomic E-state index is 0.843. The molecule has 0 unspecified atom stereocenters. The summed E-state index contributed by atoms with van der Waals surface area (Å²) < 4.78 is 13.4. The van der Waals surface area contributed by atoms with Crippen LogP contribution in [0.4, 0.5) is 17.1 Å². The second-order valence-corrected chi connectivity index (χ2v) is 14.0. The number of nitrogens with zero attached hydrogens (tertiary/aromatic N) is 1. The van der Waals surface area contributed by atoms with E-state index in [1.54, 1.807) is 0 Å². The van der Waals surface area contributed by atoms with E-state index in [1.807, 2.05) is 12.1 Å². The van der Waals surface area contributed by atoms with Gasteiger partial charge in [0.15, 0.2) is 5.58 Å². The first-order valence-electron chi connectivity index (χ1n) is 18.7. The van der Waals surface area contributed by atoms with Crippen molar-refractivity contribution in [3.63, 3.8) is 0 Å². The second kappa shape index (κ2) is 12.6. The number of hydrogen-bond donors (Lipinski definition) is 0. The van der Waals surface area contributed by atoms with Crippen molar-refractivity contribution in [2.24, 2.45) is 0 Å². The van der Waals surface area contributed by atoms with E-state index in [0.29, 0.717) is 0 Å². The zero-order chi connectivity index (χ0) is 36.3. The lowest BCUT2D eigenvalue weighted by Crippen LogP contribution is -2.11. The van der Waals surface area contributed by atoms with Crippen LogP contribution in [0.25, 0.3) is 88.0 Å². The van der Waals surface area contributed by atoms with Gasteiger partial charge in [0.25, 0.3) is 0 Å². The molecular formula is C52H33NO2. The van der Waals surface area contributed by atoms with Crippen LogP contribution in [0.3, 0.4) is 0 Å². The maximum absolute atomic E-state index is 6.99. The zero-order valence-electron chi connectivity index (χ0n) is 29.8. The van der Waals surface area contributed by atoms with Crippen LogP contribution in [0.15, 0.2) is 209 Å². The maximum atomic E-state index is 6.99. The third-order valence-electron chi connectivity index (χ3n) is 10.9. The van der Waals surface area contributed by atoms with E-state index in [9.17, 15) is 0 Å². The molecule has 3 nitrogen and oxygen atoms in total. The molecule has 0 atom stereocenters. The summed E-state index contributed by atoms with van der Waals surface area (Å²) in [5.74, 6) is 0. The molecule has 0 bridgehead atoms. The molecule has 0 radical (unpaired) electrons. The number of anilines is 3. The Morgan fingerprint density at radius 1 is 0.309 bits per heavy atom. The van der Waals surface area contributed by atoms with Gasteiger partial charge < -0.3 is 13.7 Å². The molecule has 2 heterocycles. The van der Waals surface area contributed by atoms with Crippen molar-refractivity contribution in [1.29, 1.82) is 0 Å². The Bertz CT molecular complexity index is 3180. The SMILES string of the molecule is c1ccc(-c2ccc(N(c3ccc(-c4cccc5c4oc4ccccc45)cc3)c3c(-c4ccccc4)ccc4c3oc3ccc5ccccc5c34)cc2)cc1. The molecule has 0 fully saturated rings. The van der Waals surface area contributed by atoms with Crippen molar-refractivity contribution in [1.82, 2.24) is 0 Å². The number of furan rings is 2. The number of benzene rings is 9. The average molecular weight is 704 g/mol. The molecule has 0 saturated carbocycles. The standard InChI is InChI=1S/C52H33NO2/c1-3-12-34(13-4-1)35-22-27-39(28-23-35)53(40-29-24-38(25-30-40)43-19-11-20-45-44-18-9-10-21-47(44)54-51(43)45)50-42(36-14-5-2-6-15-36)31-32-46-49-41-17-8-7-16-37(41)26-33-48(49)55-52(46)50/h1-33H. The highest BCUT2D eigenvalue weighted by molar-refractivity contribution is 6.22. The first kappa shape index (κ1) is 31.2. The van der Waals surface area contributed by atoms with Gasteiger partial charge in [0.05, 0.1) is 5.69 Å². The van der Waals surface area contributed by atoms with Crippen molar-refractivity contribution in [2.45, 2.75) is 0 Å². The van der Waals surface area contributed by atoms with Gasteiger partial charge in [-0.1, -0.05) is 158 Å². The van der Waals surface area contributed by atoms with Gasteiger partial charge >= 0.3 is 0 Å². The van der Waals surface area contributed by atoms with Crippen LogP contribution >= 0.6 is 0 Å². The summed E-state index contributed by atoms with van der Waals surface area (Å²) in [5, 5.41) is 6.83. The van der Waals surface area contributed by atoms with E-state index in [2.05, 4.69) is 193 Å². The molecule has 11 rings (SSSR count). The smallest absolute Gasteiger partial charge is 0.160 e. The minimum Gasteiger partial charge on any atom is -0.455 e. The van der Waals surface area contributed by atoms with Crippen molar-refractivity contribution >= 4 is 71.7 Å². The quantitative estimate of drug-likeness (QED) is 0.173. The Balaban J connectivity index is 1.16. The highest BCUT2D eigenvalue weighted by atomic mass is 16.3. The predicted molar refractivity (Wildman–Crippen MR) is 229 cm³/mol. The third-order valence-corrected chi connectivity index (χ3v) is 10.9. The molecule has 3 heteroatoms. The van der Waals surface area contributed by atoms with Gasteiger partial charge in [-0.05, 0) is 75.5 Å². The molecule has 55 heavy (non-hydrogen) atoms. The lowest BCUT2D eigenvalue weighted by atomic mass is 9.97. The van der Waals surface area contributed by atoms with Gasteiger partial charge in [0.1, 0.15) is 16.7 Å². The normalized spacial score (nSPS) is 11.6. The fourth-order valence-corrected chi connectivity index (χ4v) is 8.27. The summed E-state index contributed by atoms with van der Waals surface area (Å²) in [4.78, 5) is 2.36. The van der Waals surface area contributed by atoms with E-state index < -0.39 is 0 Å².